The van der Waals surface area contributed by atoms with Crippen molar-refractivity contribution >= 4 is 53.1 Å². The van der Waals surface area contributed by atoms with Crippen LogP contribution >= 0.6 is 0 Å². The lowest BCUT2D eigenvalue weighted by Gasteiger charge is -2.38. The molecule has 5 aromatic rings. The number of pyridine rings is 1. The zero-order valence-electron chi connectivity index (χ0n) is 51.1. The van der Waals surface area contributed by atoms with Crippen LogP contribution < -0.4 is 4.90 Å². The highest BCUT2D eigenvalue weighted by atomic mass is 19.4. The van der Waals surface area contributed by atoms with E-state index in [-0.39, 0.29) is 45.0 Å². The Labute approximate surface area is 513 Å². The van der Waals surface area contributed by atoms with Crippen LogP contribution in [-0.2, 0) is 16.2 Å². The van der Waals surface area contributed by atoms with Gasteiger partial charge in [-0.25, -0.2) is 14.8 Å². The van der Waals surface area contributed by atoms with Gasteiger partial charge in [-0.2, -0.15) is 52.7 Å². The highest BCUT2D eigenvalue weighted by Crippen LogP contribution is 2.59. The Morgan fingerprint density at radius 3 is 0.978 bits per heavy atom. The average Bonchev–Trinajstić information content (AvgIpc) is 1.64. The van der Waals surface area contributed by atoms with Crippen molar-refractivity contribution in [3.63, 3.8) is 0 Å². The van der Waals surface area contributed by atoms with Gasteiger partial charge in [0.25, 0.3) is 47.3 Å². The van der Waals surface area contributed by atoms with Crippen molar-refractivity contribution in [1.82, 2.24) is 19.7 Å². The molecule has 5 heterocycles. The van der Waals surface area contributed by atoms with Crippen LogP contribution in [0.3, 0.4) is 0 Å². The number of carbonyl (C=O) groups excluding carboxylic acids is 8. The largest absolute Gasteiger partial charge is 0.411 e. The molecule has 0 spiro atoms. The summed E-state index contributed by atoms with van der Waals surface area (Å²) in [6.45, 7) is 22.5. The molecule has 91 heavy (non-hydrogen) atoms. The number of alkyl halides is 12. The average molecular weight is 1280 g/mol. The molecule has 13 nitrogen and oxygen atoms in total. The van der Waals surface area contributed by atoms with Crippen molar-refractivity contribution in [3.8, 4) is 0 Å². The van der Waals surface area contributed by atoms with Gasteiger partial charge in [-0.05, 0) is 153 Å². The molecular formula is C66H59F12N5O8. The summed E-state index contributed by atoms with van der Waals surface area (Å²) in [5.41, 5.74) is -19.9. The smallest absolute Gasteiger partial charge is 0.269 e. The maximum Gasteiger partial charge on any atom is 0.411 e. The third-order valence-electron chi connectivity index (χ3n) is 16.8. The van der Waals surface area contributed by atoms with Crippen LogP contribution in [0.4, 0.5) is 58.5 Å². The van der Waals surface area contributed by atoms with E-state index < -0.39 is 144 Å². The van der Waals surface area contributed by atoms with Gasteiger partial charge in [0.15, 0.2) is 0 Å². The number of amides is 8. The first-order valence-electron chi connectivity index (χ1n) is 28.3. The first-order chi connectivity index (χ1) is 41.5. The minimum atomic E-state index is -6.06. The number of hydrogen-bond donors (Lipinski definition) is 0. The predicted molar refractivity (Wildman–Crippen MR) is 306 cm³/mol. The Morgan fingerprint density at radius 1 is 0.374 bits per heavy atom. The van der Waals surface area contributed by atoms with Crippen molar-refractivity contribution in [1.29, 1.82) is 0 Å². The summed E-state index contributed by atoms with van der Waals surface area (Å²) >= 11 is 0. The van der Waals surface area contributed by atoms with Crippen LogP contribution in [0, 0.1) is 11.3 Å². The van der Waals surface area contributed by atoms with E-state index in [2.05, 4.69) is 4.98 Å². The number of benzene rings is 4. The predicted octanol–water partition coefficient (Wildman–Crippen LogP) is 15.0. The van der Waals surface area contributed by atoms with E-state index in [1.807, 2.05) is 48.5 Å². The van der Waals surface area contributed by atoms with Crippen LogP contribution in [0.15, 0.2) is 115 Å². The molecule has 0 bridgehead atoms. The van der Waals surface area contributed by atoms with E-state index in [0.29, 0.717) is 59.9 Å². The fourth-order valence-corrected chi connectivity index (χ4v) is 12.4. The fraction of sp³-hybridized carbons (Fsp3) is 0.379. The quantitative estimate of drug-likeness (QED) is 0.119. The summed E-state index contributed by atoms with van der Waals surface area (Å²) < 4.78 is 180. The van der Waals surface area contributed by atoms with E-state index in [1.165, 1.54) is 53.8 Å². The minimum Gasteiger partial charge on any atom is -0.269 e. The molecule has 0 N–H and O–H groups in total. The molecular weight excluding hydrogens is 1220 g/mol. The van der Waals surface area contributed by atoms with Crippen molar-refractivity contribution in [2.24, 2.45) is 11.3 Å². The van der Waals surface area contributed by atoms with Crippen molar-refractivity contribution in [2.45, 2.75) is 148 Å². The molecule has 4 aromatic carbocycles. The molecule has 1 aromatic heterocycles. The van der Waals surface area contributed by atoms with Crippen LogP contribution in [0.25, 0.3) is 0 Å². The van der Waals surface area contributed by atoms with Gasteiger partial charge in [-0.15, -0.1) is 0 Å². The van der Waals surface area contributed by atoms with Gasteiger partial charge < -0.3 is 0 Å². The Bertz CT molecular complexity index is 4040. The standard InChI is InChI=1S/C34H32F6N2O4.C32H27F6N3O4/c1-17-8-11-20(16-25(17)30(2,3)4)41-26(43)21-12-9-18(14-23(21)27(41)44)32(33(35,36)37,34(38,39)40)19-10-13-22-24(15-19)29(46)42(28(22)45)31(5,6)7;1-28(2,3)18-9-12-23(39-15-18)40-24(42)19-10-7-16(13-21(19)25(40)43)30(31(33,34)35,32(36,37)38)17-8-11-20-22(14-17)27(45)41(26(20)44)29(4,5)6/h9-17H,8H2,1-7H3;7-15H,1-6H3. The van der Waals surface area contributed by atoms with E-state index in [4.69, 9.17) is 0 Å². The summed E-state index contributed by atoms with van der Waals surface area (Å²) in [6, 6.07) is 9.83. The molecule has 0 fully saturated rings. The van der Waals surface area contributed by atoms with E-state index in [1.54, 1.807) is 18.2 Å². The molecule has 1 aliphatic carbocycles. The first kappa shape index (κ1) is 66.6. The number of fused-ring (bicyclic) bond motifs is 4. The number of hydrogen-bond acceptors (Lipinski definition) is 9. The number of anilines is 1. The molecule has 480 valence electrons. The number of rotatable bonds is 6. The van der Waals surface area contributed by atoms with E-state index >= 15 is 26.3 Å². The number of nitrogens with zero attached hydrogens (tertiary/aromatic N) is 5. The highest BCUT2D eigenvalue weighted by Gasteiger charge is 2.74. The summed E-state index contributed by atoms with van der Waals surface area (Å²) in [5, 5.41) is 0. The van der Waals surface area contributed by atoms with Crippen molar-refractivity contribution < 1.29 is 91.0 Å². The number of imide groups is 4. The minimum absolute atomic E-state index is 0.0784. The molecule has 8 amide bonds. The zero-order valence-corrected chi connectivity index (χ0v) is 51.1. The number of halogens is 12. The molecule has 5 aliphatic rings. The number of allylic oxidation sites excluding steroid dienone is 3. The van der Waals surface area contributed by atoms with Crippen molar-refractivity contribution in [3.05, 3.63) is 187 Å². The Balaban J connectivity index is 0.000000215. The summed E-state index contributed by atoms with van der Waals surface area (Å²) in [4.78, 5) is 113. The van der Waals surface area contributed by atoms with E-state index in [9.17, 15) is 64.7 Å². The van der Waals surface area contributed by atoms with Gasteiger partial charge in [0.1, 0.15) is 5.82 Å². The van der Waals surface area contributed by atoms with Gasteiger partial charge in [0.05, 0.1) is 44.5 Å². The second kappa shape index (κ2) is 21.2. The molecule has 1 atom stereocenters. The summed E-state index contributed by atoms with van der Waals surface area (Å²) in [6.07, 6.45) is -19.0. The second-order valence-corrected chi connectivity index (χ2v) is 26.9. The van der Waals surface area contributed by atoms with Gasteiger partial charge in [0, 0.05) is 23.0 Å². The second-order valence-electron chi connectivity index (χ2n) is 26.9. The van der Waals surface area contributed by atoms with Gasteiger partial charge in [-0.1, -0.05) is 90.4 Å². The Kier molecular flexibility index (Phi) is 15.5. The highest BCUT2D eigenvalue weighted by molar-refractivity contribution is 6.34. The van der Waals surface area contributed by atoms with Gasteiger partial charge in [-0.3, -0.25) is 48.2 Å². The Morgan fingerprint density at radius 2 is 0.670 bits per heavy atom. The molecule has 25 heteroatoms. The molecule has 1 unspecified atom stereocenters. The molecule has 4 aliphatic heterocycles. The maximum absolute atomic E-state index is 15.1. The molecule has 10 rings (SSSR count). The third-order valence-corrected chi connectivity index (χ3v) is 16.8. The molecule has 0 saturated carbocycles. The van der Waals surface area contributed by atoms with Crippen LogP contribution in [-0.4, -0.2) is 103 Å². The Hall–Kier alpha value is -8.77. The zero-order chi connectivity index (χ0) is 68.2. The lowest BCUT2D eigenvalue weighted by molar-refractivity contribution is -0.290. The summed E-state index contributed by atoms with van der Waals surface area (Å²) in [5.74, 6) is -7.90. The van der Waals surface area contributed by atoms with Crippen LogP contribution in [0.1, 0.15) is 207 Å². The van der Waals surface area contributed by atoms with Gasteiger partial charge in [0.2, 0.25) is 10.8 Å². The topological polar surface area (TPSA) is 162 Å². The number of aromatic nitrogens is 1. The van der Waals surface area contributed by atoms with E-state index in [0.717, 1.165) is 50.1 Å². The first-order valence-corrected chi connectivity index (χ1v) is 28.3. The number of carbonyl (C=O) groups is 8. The SMILES string of the molecule is CC(C)(C)c1ccc(N2C(=O)c3ccc(C(c4ccc5c(c4)C(=O)N(C(C)(C)C)C5=O)(C(F)(F)F)C(F)(F)F)cc3C2=O)nc1.CC1CC=C(N2C(=O)c3ccc(C(c4ccc5c(c4)C(=O)N(C(C)(C)C)C5=O)(C(F)(F)F)C(F)(F)F)cc3C2=O)C=C1C(C)(C)C. The summed E-state index contributed by atoms with van der Waals surface area (Å²) in [7, 11) is 0. The lowest BCUT2D eigenvalue weighted by Crippen LogP contribution is -2.55. The lowest BCUT2D eigenvalue weighted by atomic mass is 9.71. The van der Waals surface area contributed by atoms with Crippen molar-refractivity contribution in [2.75, 3.05) is 4.90 Å². The van der Waals surface area contributed by atoms with Crippen LogP contribution in [0.2, 0.25) is 0 Å². The van der Waals surface area contributed by atoms with Gasteiger partial charge >= 0.3 is 24.7 Å². The van der Waals surface area contributed by atoms with Crippen LogP contribution in [0.5, 0.6) is 0 Å². The molecule has 0 saturated heterocycles. The fourth-order valence-electron chi connectivity index (χ4n) is 12.4. The molecule has 0 radical (unpaired) electrons. The monoisotopic (exact) mass is 1280 g/mol. The normalized spacial score (nSPS) is 17.8. The third kappa shape index (κ3) is 10.3. The maximum atomic E-state index is 15.1.